The summed E-state index contributed by atoms with van der Waals surface area (Å²) in [6, 6.07) is -0.244. The molecular formula is C19H38N2O6. The number of amides is 1. The van der Waals surface area contributed by atoms with Crippen LogP contribution in [-0.4, -0.2) is 87.1 Å². The molecule has 4 N–H and O–H groups in total. The summed E-state index contributed by atoms with van der Waals surface area (Å²) in [6.07, 6.45) is 2.07. The van der Waals surface area contributed by atoms with Crippen LogP contribution in [0.4, 0.5) is 0 Å². The van der Waals surface area contributed by atoms with Crippen LogP contribution in [-0.2, 0) is 19.0 Å². The zero-order chi connectivity index (χ0) is 20.1. The summed E-state index contributed by atoms with van der Waals surface area (Å²) in [4.78, 5) is 11.5. The number of likely N-dealkylation sites (N-methyl/N-ethyl adjacent to an activating group) is 1. The number of rotatable bonds is 14. The molecule has 1 rings (SSSR count). The monoisotopic (exact) mass is 390 g/mol. The fourth-order valence-corrected chi connectivity index (χ4v) is 3.36. The Hall–Kier alpha value is -0.770. The van der Waals surface area contributed by atoms with Gasteiger partial charge in [-0.25, -0.2) is 0 Å². The highest BCUT2D eigenvalue weighted by Crippen LogP contribution is 2.28. The fourth-order valence-electron chi connectivity index (χ4n) is 3.36. The number of hydrogen-bond acceptors (Lipinski definition) is 7. The minimum atomic E-state index is -0.785. The van der Waals surface area contributed by atoms with E-state index in [4.69, 9.17) is 14.2 Å². The summed E-state index contributed by atoms with van der Waals surface area (Å²) in [5.41, 5.74) is 0. The van der Waals surface area contributed by atoms with E-state index in [2.05, 4.69) is 10.6 Å². The van der Waals surface area contributed by atoms with Gasteiger partial charge in [-0.1, -0.05) is 19.8 Å². The second-order valence-electron chi connectivity index (χ2n) is 7.15. The van der Waals surface area contributed by atoms with Gasteiger partial charge in [-0.05, 0) is 19.9 Å². The standard InChI is InChI=1S/C19H38N2O6/c1-14-18(21-15(2)23)16(27-17(13-22)19(14)24)7-5-4-6-9-25-11-12-26-10-8-20-3/h14,16-20,22,24H,4-13H2,1-3H3,(H,21,23)/t14-,16-,17-,18-,19-/m1/s1. The van der Waals surface area contributed by atoms with Crippen molar-refractivity contribution in [2.75, 3.05) is 46.6 Å². The molecule has 27 heavy (non-hydrogen) atoms. The molecule has 5 atom stereocenters. The molecule has 1 aliphatic heterocycles. The lowest BCUT2D eigenvalue weighted by Crippen LogP contribution is -2.60. The number of aliphatic hydroxyl groups excluding tert-OH is 2. The first kappa shape index (κ1) is 24.3. The van der Waals surface area contributed by atoms with Gasteiger partial charge in [0, 0.05) is 26.0 Å². The molecular weight excluding hydrogens is 352 g/mol. The lowest BCUT2D eigenvalue weighted by Gasteiger charge is -2.43. The van der Waals surface area contributed by atoms with E-state index >= 15 is 0 Å². The molecule has 8 nitrogen and oxygen atoms in total. The summed E-state index contributed by atoms with van der Waals surface area (Å²) in [7, 11) is 1.89. The average Bonchev–Trinajstić information content (AvgIpc) is 2.64. The van der Waals surface area contributed by atoms with Crippen molar-refractivity contribution in [1.82, 2.24) is 10.6 Å². The largest absolute Gasteiger partial charge is 0.394 e. The Balaban J connectivity index is 2.23. The van der Waals surface area contributed by atoms with Crippen molar-refractivity contribution in [3.8, 4) is 0 Å². The Morgan fingerprint density at radius 3 is 2.41 bits per heavy atom. The maximum absolute atomic E-state index is 11.5. The predicted molar refractivity (Wildman–Crippen MR) is 103 cm³/mol. The number of hydrogen-bond donors (Lipinski definition) is 4. The minimum Gasteiger partial charge on any atom is -0.394 e. The summed E-state index contributed by atoms with van der Waals surface area (Å²) < 4.78 is 16.8. The smallest absolute Gasteiger partial charge is 0.217 e. The molecule has 0 bridgehead atoms. The van der Waals surface area contributed by atoms with Crippen LogP contribution < -0.4 is 10.6 Å². The van der Waals surface area contributed by atoms with Gasteiger partial charge in [-0.15, -0.1) is 0 Å². The number of carbonyl (C=O) groups is 1. The number of unbranched alkanes of at least 4 members (excludes halogenated alkanes) is 2. The summed E-state index contributed by atoms with van der Waals surface area (Å²) >= 11 is 0. The van der Waals surface area contributed by atoms with E-state index in [1.165, 1.54) is 6.92 Å². The van der Waals surface area contributed by atoms with E-state index in [0.717, 1.165) is 32.2 Å². The van der Waals surface area contributed by atoms with Crippen LogP contribution in [0, 0.1) is 5.92 Å². The Bertz CT molecular complexity index is 398. The summed E-state index contributed by atoms with van der Waals surface area (Å²) in [5.74, 6) is -0.309. The molecule has 0 aliphatic carbocycles. The molecule has 1 aliphatic rings. The van der Waals surface area contributed by atoms with E-state index in [1.54, 1.807) is 0 Å². The van der Waals surface area contributed by atoms with Gasteiger partial charge in [0.2, 0.25) is 5.91 Å². The van der Waals surface area contributed by atoms with Crippen LogP contribution >= 0.6 is 0 Å². The molecule has 1 saturated heterocycles. The van der Waals surface area contributed by atoms with Crippen LogP contribution in [0.3, 0.4) is 0 Å². The summed E-state index contributed by atoms with van der Waals surface area (Å²) in [6.45, 7) is 6.58. The molecule has 1 fully saturated rings. The van der Waals surface area contributed by atoms with Crippen LogP contribution in [0.25, 0.3) is 0 Å². The van der Waals surface area contributed by atoms with Gasteiger partial charge in [0.15, 0.2) is 0 Å². The van der Waals surface area contributed by atoms with Crippen molar-refractivity contribution in [2.45, 2.75) is 63.9 Å². The van der Waals surface area contributed by atoms with Crippen molar-refractivity contribution in [2.24, 2.45) is 5.92 Å². The van der Waals surface area contributed by atoms with Gasteiger partial charge in [-0.3, -0.25) is 4.79 Å². The lowest BCUT2D eigenvalue weighted by atomic mass is 9.83. The second kappa shape index (κ2) is 14.3. The summed E-state index contributed by atoms with van der Waals surface area (Å²) in [5, 5.41) is 25.6. The van der Waals surface area contributed by atoms with Gasteiger partial charge >= 0.3 is 0 Å². The maximum Gasteiger partial charge on any atom is 0.217 e. The van der Waals surface area contributed by atoms with Crippen LogP contribution in [0.5, 0.6) is 0 Å². The first-order chi connectivity index (χ1) is 13.0. The van der Waals surface area contributed by atoms with Gasteiger partial charge in [0.25, 0.3) is 0 Å². The fraction of sp³-hybridized carbons (Fsp3) is 0.947. The van der Waals surface area contributed by atoms with Crippen molar-refractivity contribution < 1.29 is 29.2 Å². The first-order valence-corrected chi connectivity index (χ1v) is 10.0. The number of carbonyl (C=O) groups excluding carboxylic acids is 1. The highest BCUT2D eigenvalue weighted by Gasteiger charge is 2.42. The van der Waals surface area contributed by atoms with E-state index < -0.39 is 12.2 Å². The Labute approximate surface area is 162 Å². The van der Waals surface area contributed by atoms with E-state index in [1.807, 2.05) is 14.0 Å². The van der Waals surface area contributed by atoms with E-state index in [-0.39, 0.29) is 30.6 Å². The third-order valence-electron chi connectivity index (χ3n) is 4.93. The third kappa shape index (κ3) is 9.32. The quantitative estimate of drug-likeness (QED) is 0.311. The molecule has 0 aromatic rings. The molecule has 0 unspecified atom stereocenters. The van der Waals surface area contributed by atoms with E-state index in [9.17, 15) is 15.0 Å². The van der Waals surface area contributed by atoms with Crippen molar-refractivity contribution in [1.29, 1.82) is 0 Å². The van der Waals surface area contributed by atoms with Gasteiger partial charge in [0.05, 0.1) is 44.7 Å². The van der Waals surface area contributed by atoms with Gasteiger partial charge < -0.3 is 35.1 Å². The molecule has 1 heterocycles. The minimum absolute atomic E-state index is 0.138. The molecule has 160 valence electrons. The van der Waals surface area contributed by atoms with Crippen LogP contribution in [0.1, 0.15) is 39.5 Å². The SMILES string of the molecule is CNCCOCCOCCCCC[C@H]1O[C@H](CO)[C@H](O)[C@H](C)[C@H]1NC(C)=O. The highest BCUT2D eigenvalue weighted by atomic mass is 16.5. The van der Waals surface area contributed by atoms with Crippen molar-refractivity contribution in [3.05, 3.63) is 0 Å². The highest BCUT2D eigenvalue weighted by molar-refractivity contribution is 5.73. The molecule has 8 heteroatoms. The Morgan fingerprint density at radius 2 is 1.78 bits per heavy atom. The molecule has 0 saturated carbocycles. The van der Waals surface area contributed by atoms with E-state index in [0.29, 0.717) is 26.4 Å². The van der Waals surface area contributed by atoms with Crippen LogP contribution in [0.15, 0.2) is 0 Å². The van der Waals surface area contributed by atoms with Gasteiger partial charge in [-0.2, -0.15) is 0 Å². The number of ether oxygens (including phenoxy) is 3. The molecule has 0 aromatic carbocycles. The Morgan fingerprint density at radius 1 is 1.07 bits per heavy atom. The zero-order valence-corrected chi connectivity index (χ0v) is 17.0. The first-order valence-electron chi connectivity index (χ1n) is 10.0. The number of nitrogens with one attached hydrogen (secondary N) is 2. The normalized spacial score (nSPS) is 28.3. The third-order valence-corrected chi connectivity index (χ3v) is 4.93. The molecule has 1 amide bonds. The maximum atomic E-state index is 11.5. The lowest BCUT2D eigenvalue weighted by molar-refractivity contribution is -0.173. The topological polar surface area (TPSA) is 109 Å². The van der Waals surface area contributed by atoms with Crippen molar-refractivity contribution >= 4 is 5.91 Å². The van der Waals surface area contributed by atoms with Crippen molar-refractivity contribution in [3.63, 3.8) is 0 Å². The molecule has 0 spiro atoms. The molecule has 0 aromatic heterocycles. The van der Waals surface area contributed by atoms with Crippen LogP contribution in [0.2, 0.25) is 0 Å². The Kier molecular flexibility index (Phi) is 12.8. The number of aliphatic hydroxyl groups is 2. The predicted octanol–water partition coefficient (Wildman–Crippen LogP) is 0.0608. The average molecular weight is 391 g/mol. The second-order valence-corrected chi connectivity index (χ2v) is 7.15. The van der Waals surface area contributed by atoms with Gasteiger partial charge in [0.1, 0.15) is 6.10 Å². The zero-order valence-electron chi connectivity index (χ0n) is 17.0. The molecule has 0 radical (unpaired) electrons.